The third-order valence-electron chi connectivity index (χ3n) is 2.88. The number of hydrogen-bond acceptors (Lipinski definition) is 2. The molecule has 0 radical (unpaired) electrons. The molecule has 0 amide bonds. The predicted octanol–water partition coefficient (Wildman–Crippen LogP) is 2.37. The first-order valence-electron chi connectivity index (χ1n) is 4.95. The SMILES string of the molecule is CCC1OC(=O)C(CC)C1CC. The fourth-order valence-electron chi connectivity index (χ4n) is 2.16. The maximum atomic E-state index is 11.3. The highest BCUT2D eigenvalue weighted by molar-refractivity contribution is 5.75. The van der Waals surface area contributed by atoms with Crippen molar-refractivity contribution in [2.75, 3.05) is 0 Å². The van der Waals surface area contributed by atoms with Gasteiger partial charge in [0.25, 0.3) is 0 Å². The van der Waals surface area contributed by atoms with E-state index in [1.54, 1.807) is 0 Å². The van der Waals surface area contributed by atoms with Crippen molar-refractivity contribution >= 4 is 5.97 Å². The summed E-state index contributed by atoms with van der Waals surface area (Å²) < 4.78 is 5.28. The number of hydrogen-bond donors (Lipinski definition) is 0. The largest absolute Gasteiger partial charge is 0.462 e. The molecule has 2 heteroatoms. The van der Waals surface area contributed by atoms with Gasteiger partial charge in [0, 0.05) is 5.92 Å². The van der Waals surface area contributed by atoms with Crippen molar-refractivity contribution in [1.29, 1.82) is 0 Å². The van der Waals surface area contributed by atoms with Crippen molar-refractivity contribution in [3.63, 3.8) is 0 Å². The van der Waals surface area contributed by atoms with E-state index in [2.05, 4.69) is 20.8 Å². The normalized spacial score (nSPS) is 35.2. The molecule has 3 unspecified atom stereocenters. The van der Waals surface area contributed by atoms with Crippen LogP contribution >= 0.6 is 0 Å². The summed E-state index contributed by atoms with van der Waals surface area (Å²) >= 11 is 0. The lowest BCUT2D eigenvalue weighted by Gasteiger charge is -2.16. The van der Waals surface area contributed by atoms with Gasteiger partial charge in [-0.15, -0.1) is 0 Å². The Balaban J connectivity index is 2.68. The Kier molecular flexibility index (Phi) is 3.12. The van der Waals surface area contributed by atoms with Gasteiger partial charge in [0.2, 0.25) is 0 Å². The van der Waals surface area contributed by atoms with Crippen molar-refractivity contribution in [1.82, 2.24) is 0 Å². The Hall–Kier alpha value is -0.530. The minimum Gasteiger partial charge on any atom is -0.462 e. The van der Waals surface area contributed by atoms with Crippen LogP contribution in [-0.2, 0) is 9.53 Å². The van der Waals surface area contributed by atoms with Gasteiger partial charge in [-0.1, -0.05) is 20.8 Å². The summed E-state index contributed by atoms with van der Waals surface area (Å²) in [6.45, 7) is 6.28. The van der Waals surface area contributed by atoms with Gasteiger partial charge in [-0.2, -0.15) is 0 Å². The average Bonchev–Trinajstić information content (AvgIpc) is 2.40. The number of cyclic esters (lactones) is 1. The fourth-order valence-corrected chi connectivity index (χ4v) is 2.16. The second-order valence-corrected chi connectivity index (χ2v) is 3.47. The van der Waals surface area contributed by atoms with Gasteiger partial charge in [-0.05, 0) is 19.3 Å². The highest BCUT2D eigenvalue weighted by atomic mass is 16.6. The van der Waals surface area contributed by atoms with Gasteiger partial charge in [0.15, 0.2) is 0 Å². The minimum atomic E-state index is 0.0243. The van der Waals surface area contributed by atoms with E-state index in [1.165, 1.54) is 0 Å². The monoisotopic (exact) mass is 170 g/mol. The molecule has 1 aliphatic rings. The smallest absolute Gasteiger partial charge is 0.309 e. The first kappa shape index (κ1) is 9.56. The van der Waals surface area contributed by atoms with Crippen LogP contribution in [0.4, 0.5) is 0 Å². The number of ether oxygens (including phenoxy) is 1. The number of esters is 1. The van der Waals surface area contributed by atoms with Crippen molar-refractivity contribution in [2.45, 2.75) is 46.1 Å². The number of rotatable bonds is 3. The zero-order valence-electron chi connectivity index (χ0n) is 8.17. The predicted molar refractivity (Wildman–Crippen MR) is 47.7 cm³/mol. The van der Waals surface area contributed by atoms with Crippen LogP contribution in [0.1, 0.15) is 40.0 Å². The lowest BCUT2D eigenvalue weighted by molar-refractivity contribution is -0.144. The Morgan fingerprint density at radius 3 is 2.25 bits per heavy atom. The van der Waals surface area contributed by atoms with Gasteiger partial charge in [-0.25, -0.2) is 0 Å². The molecule has 0 aliphatic carbocycles. The Labute approximate surface area is 74.3 Å². The van der Waals surface area contributed by atoms with E-state index in [0.717, 1.165) is 19.3 Å². The summed E-state index contributed by atoms with van der Waals surface area (Å²) in [4.78, 5) is 11.3. The van der Waals surface area contributed by atoms with Gasteiger partial charge < -0.3 is 4.74 Å². The molecule has 1 rings (SSSR count). The summed E-state index contributed by atoms with van der Waals surface area (Å²) in [5, 5.41) is 0. The maximum absolute atomic E-state index is 11.3. The second-order valence-electron chi connectivity index (χ2n) is 3.47. The van der Waals surface area contributed by atoms with Crippen LogP contribution in [0.5, 0.6) is 0 Å². The van der Waals surface area contributed by atoms with E-state index < -0.39 is 0 Å². The van der Waals surface area contributed by atoms with Crippen molar-refractivity contribution in [3.8, 4) is 0 Å². The maximum Gasteiger partial charge on any atom is 0.309 e. The molecule has 0 N–H and O–H groups in total. The van der Waals surface area contributed by atoms with Crippen LogP contribution in [0.2, 0.25) is 0 Å². The van der Waals surface area contributed by atoms with Crippen molar-refractivity contribution in [2.24, 2.45) is 11.8 Å². The van der Waals surface area contributed by atoms with E-state index in [4.69, 9.17) is 4.74 Å². The number of carbonyl (C=O) groups is 1. The molecule has 70 valence electrons. The van der Waals surface area contributed by atoms with Crippen LogP contribution in [0.25, 0.3) is 0 Å². The topological polar surface area (TPSA) is 26.3 Å². The molecule has 0 saturated carbocycles. The lowest BCUT2D eigenvalue weighted by atomic mass is 9.85. The number of carbonyl (C=O) groups excluding carboxylic acids is 1. The Morgan fingerprint density at radius 2 is 1.83 bits per heavy atom. The van der Waals surface area contributed by atoms with Crippen molar-refractivity contribution < 1.29 is 9.53 Å². The molecule has 0 aromatic rings. The van der Waals surface area contributed by atoms with Gasteiger partial charge in [0.05, 0.1) is 5.92 Å². The molecule has 0 bridgehead atoms. The summed E-state index contributed by atoms with van der Waals surface area (Å²) in [6, 6.07) is 0. The zero-order chi connectivity index (χ0) is 9.14. The molecule has 1 aliphatic heterocycles. The van der Waals surface area contributed by atoms with Gasteiger partial charge in [-0.3, -0.25) is 4.79 Å². The first-order chi connectivity index (χ1) is 5.74. The molecule has 3 atom stereocenters. The van der Waals surface area contributed by atoms with Gasteiger partial charge in [0.1, 0.15) is 6.10 Å². The summed E-state index contributed by atoms with van der Waals surface area (Å²) in [5.41, 5.74) is 0. The third kappa shape index (κ3) is 1.47. The molecular weight excluding hydrogens is 152 g/mol. The first-order valence-corrected chi connectivity index (χ1v) is 4.95. The molecule has 1 fully saturated rings. The summed E-state index contributed by atoms with van der Waals surface area (Å²) in [6.07, 6.45) is 3.13. The standard InChI is InChI=1S/C10H18O2/c1-4-7-8(5-2)10(11)12-9(7)6-3/h7-9H,4-6H2,1-3H3. The molecule has 0 aromatic carbocycles. The molecule has 1 heterocycles. The van der Waals surface area contributed by atoms with E-state index in [-0.39, 0.29) is 18.0 Å². The minimum absolute atomic E-state index is 0.0243. The molecule has 2 nitrogen and oxygen atoms in total. The zero-order valence-corrected chi connectivity index (χ0v) is 8.17. The van der Waals surface area contributed by atoms with E-state index in [0.29, 0.717) is 5.92 Å². The second kappa shape index (κ2) is 3.92. The third-order valence-corrected chi connectivity index (χ3v) is 2.88. The van der Waals surface area contributed by atoms with Crippen LogP contribution in [0.15, 0.2) is 0 Å². The van der Waals surface area contributed by atoms with Crippen LogP contribution in [0, 0.1) is 11.8 Å². The molecule has 0 aromatic heterocycles. The molecule has 1 saturated heterocycles. The van der Waals surface area contributed by atoms with Crippen LogP contribution < -0.4 is 0 Å². The molecule has 0 spiro atoms. The van der Waals surface area contributed by atoms with Crippen LogP contribution in [0.3, 0.4) is 0 Å². The lowest BCUT2D eigenvalue weighted by Crippen LogP contribution is -2.19. The quantitative estimate of drug-likeness (QED) is 0.608. The highest BCUT2D eigenvalue weighted by Gasteiger charge is 2.40. The average molecular weight is 170 g/mol. The summed E-state index contributed by atoms with van der Waals surface area (Å²) in [5.74, 6) is 0.656. The Bertz CT molecular complexity index is 165. The van der Waals surface area contributed by atoms with E-state index >= 15 is 0 Å². The van der Waals surface area contributed by atoms with Crippen molar-refractivity contribution in [3.05, 3.63) is 0 Å². The Morgan fingerprint density at radius 1 is 1.17 bits per heavy atom. The fraction of sp³-hybridized carbons (Fsp3) is 0.900. The van der Waals surface area contributed by atoms with E-state index in [1.807, 2.05) is 0 Å². The van der Waals surface area contributed by atoms with E-state index in [9.17, 15) is 4.79 Å². The van der Waals surface area contributed by atoms with Crippen LogP contribution in [-0.4, -0.2) is 12.1 Å². The molecule has 12 heavy (non-hydrogen) atoms. The summed E-state index contributed by atoms with van der Waals surface area (Å²) in [7, 11) is 0. The van der Waals surface area contributed by atoms with Gasteiger partial charge >= 0.3 is 5.97 Å². The molecular formula is C10H18O2. The highest BCUT2D eigenvalue weighted by Crippen LogP contribution is 2.34.